The highest BCUT2D eigenvalue weighted by Gasteiger charge is 2.25. The molecular formula is C13H12ClNO4S. The predicted molar refractivity (Wildman–Crippen MR) is 74.2 cm³/mol. The van der Waals surface area contributed by atoms with Crippen LogP contribution in [0.1, 0.15) is 16.1 Å². The number of hydrogen-bond acceptors (Lipinski definition) is 4. The lowest BCUT2D eigenvalue weighted by Gasteiger charge is -2.16. The lowest BCUT2D eigenvalue weighted by atomic mass is 10.2. The van der Waals surface area contributed by atoms with Crippen molar-refractivity contribution in [1.82, 2.24) is 4.31 Å². The molecule has 0 atom stereocenters. The van der Waals surface area contributed by atoms with Crippen LogP contribution in [0.2, 0.25) is 5.02 Å². The first-order chi connectivity index (χ1) is 9.45. The Morgan fingerprint density at radius 2 is 1.95 bits per heavy atom. The van der Waals surface area contributed by atoms with Gasteiger partial charge in [0.1, 0.15) is 0 Å². The van der Waals surface area contributed by atoms with Crippen molar-refractivity contribution < 1.29 is 17.6 Å². The normalized spacial score (nSPS) is 11.8. The third kappa shape index (κ3) is 2.92. The Morgan fingerprint density at radius 3 is 2.55 bits per heavy atom. The molecule has 5 nitrogen and oxygen atoms in total. The van der Waals surface area contributed by atoms with Crippen LogP contribution < -0.4 is 0 Å². The molecule has 1 heterocycles. The molecular weight excluding hydrogens is 302 g/mol. The average molecular weight is 314 g/mol. The number of hydrogen-bond donors (Lipinski definition) is 0. The van der Waals surface area contributed by atoms with Gasteiger partial charge in [0, 0.05) is 18.6 Å². The Morgan fingerprint density at radius 1 is 1.25 bits per heavy atom. The first-order valence-corrected chi connectivity index (χ1v) is 7.51. The van der Waals surface area contributed by atoms with Gasteiger partial charge in [-0.2, -0.15) is 4.31 Å². The van der Waals surface area contributed by atoms with E-state index < -0.39 is 10.0 Å². The maximum absolute atomic E-state index is 12.3. The van der Waals surface area contributed by atoms with Crippen molar-refractivity contribution in [3.8, 4) is 0 Å². The van der Waals surface area contributed by atoms with Crippen LogP contribution in [0.3, 0.4) is 0 Å². The number of halogens is 1. The number of rotatable bonds is 5. The molecule has 0 unspecified atom stereocenters. The molecule has 0 saturated carbocycles. The fourth-order valence-corrected chi connectivity index (χ4v) is 2.89. The summed E-state index contributed by atoms with van der Waals surface area (Å²) in [6.07, 6.45) is 0.451. The summed E-state index contributed by atoms with van der Waals surface area (Å²) in [5.41, 5.74) is 0.683. The second kappa shape index (κ2) is 5.78. The van der Waals surface area contributed by atoms with Crippen LogP contribution in [-0.4, -0.2) is 26.1 Å². The van der Waals surface area contributed by atoms with E-state index in [1.165, 1.54) is 19.2 Å². The third-order valence-electron chi connectivity index (χ3n) is 2.73. The first kappa shape index (κ1) is 14.8. The summed E-state index contributed by atoms with van der Waals surface area (Å²) in [5, 5.41) is 0.219. The SMILES string of the molecule is CN(Cc1ccccc1Cl)S(=O)(=O)c1ccc(C=O)o1. The molecule has 20 heavy (non-hydrogen) atoms. The monoisotopic (exact) mass is 313 g/mol. The molecule has 0 radical (unpaired) electrons. The van der Waals surface area contributed by atoms with Gasteiger partial charge in [-0.25, -0.2) is 8.42 Å². The van der Waals surface area contributed by atoms with Crippen LogP contribution in [0.15, 0.2) is 45.9 Å². The van der Waals surface area contributed by atoms with Gasteiger partial charge >= 0.3 is 0 Å². The molecule has 0 amide bonds. The molecule has 0 N–H and O–H groups in total. The summed E-state index contributed by atoms with van der Waals surface area (Å²) in [6.45, 7) is 0.110. The molecule has 0 fully saturated rings. The van der Waals surface area contributed by atoms with E-state index in [9.17, 15) is 13.2 Å². The van der Waals surface area contributed by atoms with Crippen molar-refractivity contribution in [3.63, 3.8) is 0 Å². The number of nitrogens with zero attached hydrogens (tertiary/aromatic N) is 1. The minimum absolute atomic E-state index is 0.0327. The molecule has 0 bridgehead atoms. The molecule has 0 spiro atoms. The number of sulfonamides is 1. The van der Waals surface area contributed by atoms with Gasteiger partial charge in [-0.15, -0.1) is 0 Å². The second-order valence-electron chi connectivity index (χ2n) is 4.13. The van der Waals surface area contributed by atoms with Gasteiger partial charge in [-0.05, 0) is 23.8 Å². The molecule has 7 heteroatoms. The lowest BCUT2D eigenvalue weighted by Crippen LogP contribution is -2.26. The zero-order chi connectivity index (χ0) is 14.8. The van der Waals surface area contributed by atoms with E-state index in [2.05, 4.69) is 0 Å². The molecule has 2 aromatic rings. The highest BCUT2D eigenvalue weighted by Crippen LogP contribution is 2.22. The molecule has 0 aliphatic rings. The molecule has 1 aromatic carbocycles. The Labute approximate surface area is 121 Å². The standard InChI is InChI=1S/C13H12ClNO4S/c1-15(8-10-4-2-3-5-12(10)14)20(17,18)13-7-6-11(9-16)19-13/h2-7,9H,8H2,1H3. The van der Waals surface area contributed by atoms with Gasteiger partial charge in [0.15, 0.2) is 12.0 Å². The number of carbonyl (C=O) groups is 1. The molecule has 1 aromatic heterocycles. The Kier molecular flexibility index (Phi) is 4.27. The largest absolute Gasteiger partial charge is 0.440 e. The zero-order valence-electron chi connectivity index (χ0n) is 10.6. The zero-order valence-corrected chi connectivity index (χ0v) is 12.2. The predicted octanol–water partition coefficient (Wildman–Crippen LogP) is 2.57. The lowest BCUT2D eigenvalue weighted by molar-refractivity contribution is 0.109. The van der Waals surface area contributed by atoms with Gasteiger partial charge in [-0.1, -0.05) is 29.8 Å². The minimum Gasteiger partial charge on any atom is -0.440 e. The summed E-state index contributed by atoms with van der Waals surface area (Å²) in [4.78, 5) is 10.5. The third-order valence-corrected chi connectivity index (χ3v) is 4.78. The number of benzene rings is 1. The van der Waals surface area contributed by atoms with Gasteiger partial charge in [0.05, 0.1) is 0 Å². The average Bonchev–Trinajstić information content (AvgIpc) is 2.90. The minimum atomic E-state index is -3.79. The smallest absolute Gasteiger partial charge is 0.276 e. The molecule has 2 rings (SSSR count). The molecule has 0 saturated heterocycles. The van der Waals surface area contributed by atoms with Crippen LogP contribution in [0, 0.1) is 0 Å². The van der Waals surface area contributed by atoms with E-state index in [1.807, 2.05) is 0 Å². The van der Waals surface area contributed by atoms with E-state index in [0.29, 0.717) is 16.9 Å². The fraction of sp³-hybridized carbons (Fsp3) is 0.154. The first-order valence-electron chi connectivity index (χ1n) is 5.70. The quantitative estimate of drug-likeness (QED) is 0.796. The van der Waals surface area contributed by atoms with Gasteiger partial charge in [-0.3, -0.25) is 4.79 Å². The van der Waals surface area contributed by atoms with E-state index >= 15 is 0 Å². The van der Waals surface area contributed by atoms with Crippen LogP contribution >= 0.6 is 11.6 Å². The van der Waals surface area contributed by atoms with E-state index in [-0.39, 0.29) is 17.4 Å². The van der Waals surface area contributed by atoms with Crippen LogP contribution in [0.25, 0.3) is 0 Å². The summed E-state index contributed by atoms with van der Waals surface area (Å²) < 4.78 is 30.6. The Bertz CT molecular complexity index is 723. The Balaban J connectivity index is 2.25. The summed E-state index contributed by atoms with van der Waals surface area (Å²) in [6, 6.07) is 9.54. The topological polar surface area (TPSA) is 67.6 Å². The van der Waals surface area contributed by atoms with Crippen molar-refractivity contribution in [2.45, 2.75) is 11.6 Å². The van der Waals surface area contributed by atoms with E-state index in [4.69, 9.17) is 16.0 Å². The summed E-state index contributed by atoms with van der Waals surface area (Å²) in [5.74, 6) is -0.0327. The fourth-order valence-electron chi connectivity index (χ4n) is 1.64. The van der Waals surface area contributed by atoms with Crippen molar-refractivity contribution >= 4 is 27.9 Å². The summed E-state index contributed by atoms with van der Waals surface area (Å²) in [7, 11) is -2.38. The van der Waals surface area contributed by atoms with E-state index in [0.717, 1.165) is 4.31 Å². The van der Waals surface area contributed by atoms with Crippen molar-refractivity contribution in [2.24, 2.45) is 0 Å². The van der Waals surface area contributed by atoms with Crippen molar-refractivity contribution in [1.29, 1.82) is 0 Å². The van der Waals surface area contributed by atoms with Crippen LogP contribution in [-0.2, 0) is 16.6 Å². The second-order valence-corrected chi connectivity index (χ2v) is 6.51. The molecule has 0 aliphatic heterocycles. The number of furan rings is 1. The maximum Gasteiger partial charge on any atom is 0.276 e. The van der Waals surface area contributed by atoms with Gasteiger partial charge < -0.3 is 4.42 Å². The van der Waals surface area contributed by atoms with E-state index in [1.54, 1.807) is 24.3 Å². The highest BCUT2D eigenvalue weighted by atomic mass is 35.5. The van der Waals surface area contributed by atoms with Gasteiger partial charge in [0.2, 0.25) is 5.09 Å². The Hall–Kier alpha value is -1.63. The molecule has 0 aliphatic carbocycles. The van der Waals surface area contributed by atoms with Crippen LogP contribution in [0.5, 0.6) is 0 Å². The maximum atomic E-state index is 12.3. The van der Waals surface area contributed by atoms with Crippen LogP contribution in [0.4, 0.5) is 0 Å². The molecule has 106 valence electrons. The summed E-state index contributed by atoms with van der Waals surface area (Å²) >= 11 is 6.00. The highest BCUT2D eigenvalue weighted by molar-refractivity contribution is 7.88. The van der Waals surface area contributed by atoms with Crippen molar-refractivity contribution in [2.75, 3.05) is 7.05 Å². The number of aldehydes is 1. The number of carbonyl (C=O) groups excluding carboxylic acids is 1. The van der Waals surface area contributed by atoms with Crippen molar-refractivity contribution in [3.05, 3.63) is 52.7 Å². The van der Waals surface area contributed by atoms with Gasteiger partial charge in [0.25, 0.3) is 10.0 Å².